The van der Waals surface area contributed by atoms with Crippen LogP contribution in [-0.2, 0) is 0 Å². The molecule has 0 amide bonds. The molecule has 108 valence electrons. The molecule has 3 rings (SSSR count). The number of aromatic nitrogens is 4. The van der Waals surface area contributed by atoms with Crippen molar-refractivity contribution in [3.05, 3.63) is 29.3 Å². The van der Waals surface area contributed by atoms with E-state index < -0.39 is 0 Å². The Kier molecular flexibility index (Phi) is 3.83. The summed E-state index contributed by atoms with van der Waals surface area (Å²) in [6.07, 6.45) is 0.966. The summed E-state index contributed by atoms with van der Waals surface area (Å²) in [7, 11) is 0. The Hall–Kier alpha value is -2.41. The van der Waals surface area contributed by atoms with Crippen LogP contribution in [0, 0.1) is 0 Å². The molecule has 0 atom stereocenters. The predicted molar refractivity (Wildman–Crippen MR) is 80.9 cm³/mol. The monoisotopic (exact) mass is 304 g/mol. The van der Waals surface area contributed by atoms with Gasteiger partial charge in [-0.1, -0.05) is 24.6 Å². The first-order chi connectivity index (χ1) is 10.3. The highest BCUT2D eigenvalue weighted by Gasteiger charge is 2.12. The number of anilines is 3. The molecule has 7 nitrogen and oxygen atoms in total. The standard InChI is InChI=1S/C13H13ClN6O/c1-2-6-15-10-11(16-9-5-3-4-8(14)7-9)18-13-12(17-10)19-21-20-13/h3-5,7H,2,6H2,1H3,(H,15,17,19)(H,16,18,20). The zero-order valence-electron chi connectivity index (χ0n) is 11.3. The fourth-order valence-electron chi connectivity index (χ4n) is 1.79. The van der Waals surface area contributed by atoms with E-state index in [2.05, 4.69) is 42.5 Å². The lowest BCUT2D eigenvalue weighted by molar-refractivity contribution is 0.314. The minimum absolute atomic E-state index is 0.349. The van der Waals surface area contributed by atoms with E-state index in [4.69, 9.17) is 11.6 Å². The molecule has 0 unspecified atom stereocenters. The van der Waals surface area contributed by atoms with Crippen molar-refractivity contribution in [3.63, 3.8) is 0 Å². The Bertz CT molecular complexity index is 759. The molecule has 0 spiro atoms. The maximum Gasteiger partial charge on any atom is 0.245 e. The van der Waals surface area contributed by atoms with Crippen LogP contribution < -0.4 is 10.6 Å². The van der Waals surface area contributed by atoms with Gasteiger partial charge in [0.05, 0.1) is 0 Å². The summed E-state index contributed by atoms with van der Waals surface area (Å²) < 4.78 is 4.65. The molecule has 2 heterocycles. The summed E-state index contributed by atoms with van der Waals surface area (Å²) in [5.74, 6) is 1.15. The fourth-order valence-corrected chi connectivity index (χ4v) is 1.98. The Morgan fingerprint density at radius 3 is 2.62 bits per heavy atom. The molecule has 0 saturated carbocycles. The van der Waals surface area contributed by atoms with Gasteiger partial charge >= 0.3 is 0 Å². The highest BCUT2D eigenvalue weighted by atomic mass is 35.5. The lowest BCUT2D eigenvalue weighted by Gasteiger charge is -2.11. The van der Waals surface area contributed by atoms with Crippen molar-refractivity contribution < 1.29 is 4.63 Å². The quantitative estimate of drug-likeness (QED) is 0.748. The van der Waals surface area contributed by atoms with E-state index in [9.17, 15) is 0 Å². The van der Waals surface area contributed by atoms with Crippen molar-refractivity contribution >= 4 is 40.2 Å². The number of hydrogen-bond donors (Lipinski definition) is 2. The van der Waals surface area contributed by atoms with E-state index in [1.807, 2.05) is 12.1 Å². The Morgan fingerprint density at radius 2 is 1.90 bits per heavy atom. The third-order valence-electron chi connectivity index (χ3n) is 2.74. The van der Waals surface area contributed by atoms with Crippen LogP contribution in [0.25, 0.3) is 11.3 Å². The van der Waals surface area contributed by atoms with Crippen LogP contribution in [0.2, 0.25) is 5.02 Å². The minimum atomic E-state index is 0.349. The van der Waals surface area contributed by atoms with Gasteiger partial charge in [0, 0.05) is 17.3 Å². The van der Waals surface area contributed by atoms with E-state index in [1.165, 1.54) is 0 Å². The second-order valence-electron chi connectivity index (χ2n) is 4.39. The molecular weight excluding hydrogens is 292 g/mol. The molecule has 2 aromatic heterocycles. The number of rotatable bonds is 5. The Morgan fingerprint density at radius 1 is 1.14 bits per heavy atom. The zero-order chi connectivity index (χ0) is 14.7. The molecule has 8 heteroatoms. The van der Waals surface area contributed by atoms with Gasteiger partial charge in [0.15, 0.2) is 11.6 Å². The second kappa shape index (κ2) is 5.92. The van der Waals surface area contributed by atoms with Gasteiger partial charge in [-0.05, 0) is 34.9 Å². The predicted octanol–water partition coefficient (Wildman–Crippen LogP) is 3.23. The smallest absolute Gasteiger partial charge is 0.245 e. The fraction of sp³-hybridized carbons (Fsp3) is 0.231. The maximum absolute atomic E-state index is 5.98. The molecule has 0 bridgehead atoms. The van der Waals surface area contributed by atoms with Crippen molar-refractivity contribution in [1.29, 1.82) is 0 Å². The van der Waals surface area contributed by atoms with Gasteiger partial charge in [0.2, 0.25) is 11.3 Å². The number of nitrogens with one attached hydrogen (secondary N) is 2. The zero-order valence-corrected chi connectivity index (χ0v) is 12.1. The summed E-state index contributed by atoms with van der Waals surface area (Å²) >= 11 is 5.98. The van der Waals surface area contributed by atoms with E-state index in [1.54, 1.807) is 12.1 Å². The number of fused-ring (bicyclic) bond motifs is 1. The average molecular weight is 305 g/mol. The summed E-state index contributed by atoms with van der Waals surface area (Å²) in [5, 5.41) is 14.4. The van der Waals surface area contributed by atoms with Gasteiger partial charge in [-0.2, -0.15) is 0 Å². The number of hydrogen-bond acceptors (Lipinski definition) is 7. The van der Waals surface area contributed by atoms with Gasteiger partial charge in [0.1, 0.15) is 0 Å². The lowest BCUT2D eigenvalue weighted by Crippen LogP contribution is -2.07. The molecule has 21 heavy (non-hydrogen) atoms. The molecule has 0 aliphatic carbocycles. The minimum Gasteiger partial charge on any atom is -0.367 e. The average Bonchev–Trinajstić information content (AvgIpc) is 2.92. The summed E-state index contributed by atoms with van der Waals surface area (Å²) in [5.41, 5.74) is 1.53. The molecule has 0 fully saturated rings. The third-order valence-corrected chi connectivity index (χ3v) is 2.98. The lowest BCUT2D eigenvalue weighted by atomic mass is 10.3. The highest BCUT2D eigenvalue weighted by molar-refractivity contribution is 6.30. The van der Waals surface area contributed by atoms with Crippen LogP contribution in [0.15, 0.2) is 28.9 Å². The van der Waals surface area contributed by atoms with Crippen molar-refractivity contribution in [2.75, 3.05) is 17.2 Å². The first-order valence-corrected chi connectivity index (χ1v) is 6.91. The molecule has 2 N–H and O–H groups in total. The van der Waals surface area contributed by atoms with E-state index in [0.717, 1.165) is 18.7 Å². The second-order valence-corrected chi connectivity index (χ2v) is 4.83. The normalized spacial score (nSPS) is 10.8. The molecule has 0 aliphatic heterocycles. The Balaban J connectivity index is 1.97. The first kappa shape index (κ1) is 13.6. The Labute approximate surface area is 125 Å². The highest BCUT2D eigenvalue weighted by Crippen LogP contribution is 2.25. The molecule has 0 radical (unpaired) electrons. The largest absolute Gasteiger partial charge is 0.367 e. The van der Waals surface area contributed by atoms with Crippen LogP contribution in [0.1, 0.15) is 13.3 Å². The molecule has 3 aromatic rings. The molecular formula is C13H13ClN6O. The van der Waals surface area contributed by atoms with Crippen molar-refractivity contribution in [2.45, 2.75) is 13.3 Å². The summed E-state index contributed by atoms with van der Waals surface area (Å²) in [4.78, 5) is 8.72. The van der Waals surface area contributed by atoms with Crippen LogP contribution in [0.3, 0.4) is 0 Å². The van der Waals surface area contributed by atoms with E-state index in [0.29, 0.717) is 28.0 Å². The van der Waals surface area contributed by atoms with E-state index >= 15 is 0 Å². The number of benzene rings is 1. The SMILES string of the molecule is CCCNc1nc2nonc2nc1Nc1cccc(Cl)c1. The summed E-state index contributed by atoms with van der Waals surface area (Å²) in [6, 6.07) is 7.35. The van der Waals surface area contributed by atoms with Gasteiger partial charge in [-0.3, -0.25) is 0 Å². The summed E-state index contributed by atoms with van der Waals surface area (Å²) in [6.45, 7) is 2.84. The maximum atomic E-state index is 5.98. The van der Waals surface area contributed by atoms with Crippen LogP contribution in [0.4, 0.5) is 17.3 Å². The van der Waals surface area contributed by atoms with E-state index in [-0.39, 0.29) is 0 Å². The van der Waals surface area contributed by atoms with Gasteiger partial charge < -0.3 is 10.6 Å². The first-order valence-electron chi connectivity index (χ1n) is 6.53. The van der Waals surface area contributed by atoms with Crippen molar-refractivity contribution in [1.82, 2.24) is 20.3 Å². The van der Waals surface area contributed by atoms with Crippen LogP contribution in [0.5, 0.6) is 0 Å². The van der Waals surface area contributed by atoms with Gasteiger partial charge in [0.25, 0.3) is 0 Å². The van der Waals surface area contributed by atoms with Crippen molar-refractivity contribution in [3.8, 4) is 0 Å². The van der Waals surface area contributed by atoms with Gasteiger partial charge in [-0.25, -0.2) is 14.6 Å². The third kappa shape index (κ3) is 3.03. The van der Waals surface area contributed by atoms with Gasteiger partial charge in [-0.15, -0.1) is 0 Å². The molecule has 0 aliphatic rings. The molecule has 0 saturated heterocycles. The number of nitrogens with zero attached hydrogens (tertiary/aromatic N) is 4. The van der Waals surface area contributed by atoms with Crippen LogP contribution >= 0.6 is 11.6 Å². The number of halogens is 1. The van der Waals surface area contributed by atoms with Crippen molar-refractivity contribution in [2.24, 2.45) is 0 Å². The van der Waals surface area contributed by atoms with Crippen LogP contribution in [-0.4, -0.2) is 26.8 Å². The molecule has 1 aromatic carbocycles. The topological polar surface area (TPSA) is 88.8 Å².